The van der Waals surface area contributed by atoms with Crippen molar-refractivity contribution in [2.45, 2.75) is 131 Å². The summed E-state index contributed by atoms with van der Waals surface area (Å²) >= 11 is 0. The summed E-state index contributed by atoms with van der Waals surface area (Å²) in [5.41, 5.74) is 0.968. The van der Waals surface area contributed by atoms with Crippen LogP contribution in [0.15, 0.2) is 0 Å². The van der Waals surface area contributed by atoms with Crippen LogP contribution in [-0.2, 0) is 14.3 Å². The minimum atomic E-state index is -0.317. The number of esters is 1. The van der Waals surface area contributed by atoms with Gasteiger partial charge in [0.15, 0.2) is 0 Å². The van der Waals surface area contributed by atoms with Crippen molar-refractivity contribution in [2.24, 2.45) is 52.3 Å². The SMILES string of the molecule is CC(=O)CC(=O)O[C@@H]1CC[C@@]2(C)[C@H](CC[C@H]3[C@@H]4CC[C@@H]([C@H](C)CCCC(C)C)[C@@]4(C)CC[C@@H]32)C1. The van der Waals surface area contributed by atoms with Gasteiger partial charge >= 0.3 is 5.97 Å². The summed E-state index contributed by atoms with van der Waals surface area (Å²) in [6, 6.07) is 0. The first-order chi connectivity index (χ1) is 16.0. The van der Waals surface area contributed by atoms with Gasteiger partial charge in [0.1, 0.15) is 18.3 Å². The highest BCUT2D eigenvalue weighted by Gasteiger charge is 2.60. The van der Waals surface area contributed by atoms with Crippen LogP contribution >= 0.6 is 0 Å². The predicted molar refractivity (Wildman–Crippen MR) is 138 cm³/mol. The molecule has 0 aromatic carbocycles. The van der Waals surface area contributed by atoms with E-state index in [-0.39, 0.29) is 24.3 Å². The van der Waals surface area contributed by atoms with E-state index < -0.39 is 0 Å². The fourth-order valence-corrected chi connectivity index (χ4v) is 9.78. The van der Waals surface area contributed by atoms with Crippen LogP contribution in [0, 0.1) is 52.3 Å². The van der Waals surface area contributed by atoms with Gasteiger partial charge in [-0.3, -0.25) is 9.59 Å². The van der Waals surface area contributed by atoms with Crippen LogP contribution in [-0.4, -0.2) is 17.9 Å². The molecule has 194 valence electrons. The van der Waals surface area contributed by atoms with Crippen molar-refractivity contribution in [3.63, 3.8) is 0 Å². The van der Waals surface area contributed by atoms with Gasteiger partial charge in [-0.2, -0.15) is 0 Å². The summed E-state index contributed by atoms with van der Waals surface area (Å²) in [6.07, 6.45) is 15.8. The van der Waals surface area contributed by atoms with Gasteiger partial charge in [0, 0.05) is 0 Å². The third-order valence-corrected chi connectivity index (χ3v) is 11.5. The zero-order valence-corrected chi connectivity index (χ0v) is 23.0. The van der Waals surface area contributed by atoms with Gasteiger partial charge in [0.2, 0.25) is 0 Å². The average molecular weight is 473 g/mol. The van der Waals surface area contributed by atoms with Crippen LogP contribution in [0.5, 0.6) is 0 Å². The Labute approximate surface area is 209 Å². The smallest absolute Gasteiger partial charge is 0.313 e. The van der Waals surface area contributed by atoms with Gasteiger partial charge in [0.05, 0.1) is 0 Å². The maximum absolute atomic E-state index is 12.1. The van der Waals surface area contributed by atoms with Gasteiger partial charge < -0.3 is 4.74 Å². The van der Waals surface area contributed by atoms with Crippen LogP contribution in [0.1, 0.15) is 125 Å². The number of carbonyl (C=O) groups is 2. The first kappa shape index (κ1) is 26.2. The van der Waals surface area contributed by atoms with Crippen LogP contribution in [0.4, 0.5) is 0 Å². The lowest BCUT2D eigenvalue weighted by molar-refractivity contribution is -0.163. The van der Waals surface area contributed by atoms with Crippen molar-refractivity contribution >= 4 is 11.8 Å². The number of Topliss-reactive ketones (excluding diaryl/α,β-unsaturated/α-hetero) is 1. The lowest BCUT2D eigenvalue weighted by atomic mass is 9.44. The molecule has 0 bridgehead atoms. The Balaban J connectivity index is 1.39. The fourth-order valence-electron chi connectivity index (χ4n) is 9.78. The molecule has 9 atom stereocenters. The van der Waals surface area contributed by atoms with E-state index >= 15 is 0 Å². The molecule has 0 aliphatic heterocycles. The number of hydrogen-bond donors (Lipinski definition) is 0. The monoisotopic (exact) mass is 472 g/mol. The Morgan fingerprint density at radius 3 is 2.29 bits per heavy atom. The van der Waals surface area contributed by atoms with E-state index in [0.717, 1.165) is 48.3 Å². The second-order valence-corrected chi connectivity index (χ2v) is 14.0. The van der Waals surface area contributed by atoms with Gasteiger partial charge in [-0.05, 0) is 117 Å². The summed E-state index contributed by atoms with van der Waals surface area (Å²) in [5.74, 6) is 5.58. The number of hydrogen-bond acceptors (Lipinski definition) is 3. The molecule has 34 heavy (non-hydrogen) atoms. The normalized spacial score (nSPS) is 42.4. The van der Waals surface area contributed by atoms with E-state index in [1.807, 2.05) is 0 Å². The minimum Gasteiger partial charge on any atom is -0.462 e. The summed E-state index contributed by atoms with van der Waals surface area (Å²) in [6.45, 7) is 14.0. The summed E-state index contributed by atoms with van der Waals surface area (Å²) in [5, 5.41) is 0. The van der Waals surface area contributed by atoms with Gasteiger partial charge in [-0.25, -0.2) is 0 Å². The molecule has 0 heterocycles. The van der Waals surface area contributed by atoms with Crippen LogP contribution in [0.25, 0.3) is 0 Å². The molecule has 0 aromatic rings. The van der Waals surface area contributed by atoms with E-state index in [2.05, 4.69) is 34.6 Å². The highest BCUT2D eigenvalue weighted by Crippen LogP contribution is 2.68. The molecular weight excluding hydrogens is 420 g/mol. The Bertz CT molecular complexity index is 743. The number of ether oxygens (including phenoxy) is 1. The van der Waals surface area contributed by atoms with Crippen molar-refractivity contribution in [1.29, 1.82) is 0 Å². The van der Waals surface area contributed by atoms with Crippen molar-refractivity contribution in [3.8, 4) is 0 Å². The third-order valence-electron chi connectivity index (χ3n) is 11.5. The summed E-state index contributed by atoms with van der Waals surface area (Å²) in [7, 11) is 0. The standard InChI is InChI=1S/C31H52O3/c1-20(2)8-7-9-21(3)26-12-13-27-25-11-10-23-19-24(34-29(33)18-22(4)32)14-16-30(23,5)28(25)15-17-31(26,27)6/h20-21,23-28H,7-19H2,1-6H3/t21-,23-,24-,25+,26+,27+,28+,30+,31-/m1/s1. The zero-order valence-electron chi connectivity index (χ0n) is 23.0. The Kier molecular flexibility index (Phi) is 7.90. The highest BCUT2D eigenvalue weighted by atomic mass is 16.5. The van der Waals surface area contributed by atoms with Crippen LogP contribution in [0.3, 0.4) is 0 Å². The highest BCUT2D eigenvalue weighted by molar-refractivity contribution is 5.94. The Morgan fingerprint density at radius 1 is 0.882 bits per heavy atom. The number of carbonyl (C=O) groups excluding carboxylic acids is 2. The molecule has 4 aliphatic rings. The first-order valence-corrected chi connectivity index (χ1v) is 14.7. The van der Waals surface area contributed by atoms with Crippen LogP contribution < -0.4 is 0 Å². The molecule has 0 radical (unpaired) electrons. The molecule has 4 aliphatic carbocycles. The lowest BCUT2D eigenvalue weighted by Crippen LogP contribution is -2.54. The predicted octanol–water partition coefficient (Wildman–Crippen LogP) is 8.00. The molecule has 0 saturated heterocycles. The molecule has 4 fully saturated rings. The molecule has 4 saturated carbocycles. The number of fused-ring (bicyclic) bond motifs is 5. The summed E-state index contributed by atoms with van der Waals surface area (Å²) < 4.78 is 5.75. The molecule has 3 heteroatoms. The zero-order chi connectivity index (χ0) is 24.7. The van der Waals surface area contributed by atoms with Crippen LogP contribution in [0.2, 0.25) is 0 Å². The van der Waals surface area contributed by atoms with Crippen molar-refractivity contribution < 1.29 is 14.3 Å². The third kappa shape index (κ3) is 5.01. The molecule has 4 rings (SSSR count). The molecular formula is C31H52O3. The van der Waals surface area contributed by atoms with Crippen molar-refractivity contribution in [2.75, 3.05) is 0 Å². The van der Waals surface area contributed by atoms with Gasteiger partial charge in [-0.1, -0.05) is 53.9 Å². The quantitative estimate of drug-likeness (QED) is 0.265. The summed E-state index contributed by atoms with van der Waals surface area (Å²) in [4.78, 5) is 23.4. The van der Waals surface area contributed by atoms with E-state index in [1.54, 1.807) is 0 Å². The molecule has 0 N–H and O–H groups in total. The molecule has 3 nitrogen and oxygen atoms in total. The number of ketones is 1. The Morgan fingerprint density at radius 2 is 1.59 bits per heavy atom. The van der Waals surface area contributed by atoms with E-state index in [9.17, 15) is 9.59 Å². The fraction of sp³-hybridized carbons (Fsp3) is 0.935. The average Bonchev–Trinajstić information content (AvgIpc) is 3.10. The largest absolute Gasteiger partial charge is 0.462 e. The molecule has 0 aromatic heterocycles. The second kappa shape index (κ2) is 10.3. The van der Waals surface area contributed by atoms with Crippen molar-refractivity contribution in [3.05, 3.63) is 0 Å². The lowest BCUT2D eigenvalue weighted by Gasteiger charge is -2.61. The maximum atomic E-state index is 12.1. The topological polar surface area (TPSA) is 43.4 Å². The van der Waals surface area contributed by atoms with E-state index in [0.29, 0.717) is 16.7 Å². The molecule has 0 amide bonds. The van der Waals surface area contributed by atoms with E-state index in [4.69, 9.17) is 4.74 Å². The van der Waals surface area contributed by atoms with Crippen molar-refractivity contribution in [1.82, 2.24) is 0 Å². The van der Waals surface area contributed by atoms with Gasteiger partial charge in [-0.15, -0.1) is 0 Å². The van der Waals surface area contributed by atoms with E-state index in [1.165, 1.54) is 71.1 Å². The molecule has 0 spiro atoms. The minimum absolute atomic E-state index is 0.0258. The maximum Gasteiger partial charge on any atom is 0.313 e. The molecule has 0 unspecified atom stereocenters. The Hall–Kier alpha value is -0.860. The van der Waals surface area contributed by atoms with Gasteiger partial charge in [0.25, 0.3) is 0 Å². The second-order valence-electron chi connectivity index (χ2n) is 14.0. The first-order valence-electron chi connectivity index (χ1n) is 14.7. The number of rotatable bonds is 8.